The SMILES string of the molecule is Cc1cc(C)n2nc(S(=O)(=O)N(C)c3c(C(=O)O)cccc3C(F)(F)F)nc2n1. The number of hydrogen-bond acceptors (Lipinski definition) is 6. The van der Waals surface area contributed by atoms with Crippen molar-refractivity contribution in [2.45, 2.75) is 25.2 Å². The molecule has 0 aliphatic carbocycles. The average molecular weight is 429 g/mol. The van der Waals surface area contributed by atoms with Gasteiger partial charge in [-0.2, -0.15) is 26.6 Å². The quantitative estimate of drug-likeness (QED) is 0.676. The third-order valence-electron chi connectivity index (χ3n) is 4.08. The molecule has 0 radical (unpaired) electrons. The van der Waals surface area contributed by atoms with Gasteiger partial charge in [0, 0.05) is 18.4 Å². The molecular formula is C16H14F3N5O4S. The summed E-state index contributed by atoms with van der Waals surface area (Å²) in [5.74, 6) is -1.78. The molecule has 0 saturated heterocycles. The van der Waals surface area contributed by atoms with Gasteiger partial charge in [-0.3, -0.25) is 4.31 Å². The number of hydrogen-bond donors (Lipinski definition) is 1. The minimum absolute atomic E-state index is 0.0583. The third kappa shape index (κ3) is 3.48. The molecule has 2 aromatic heterocycles. The molecule has 0 bridgehead atoms. The van der Waals surface area contributed by atoms with Gasteiger partial charge in [0.15, 0.2) is 0 Å². The van der Waals surface area contributed by atoms with Gasteiger partial charge >= 0.3 is 22.2 Å². The number of aromatic carboxylic acids is 1. The van der Waals surface area contributed by atoms with Gasteiger partial charge in [-0.05, 0) is 32.0 Å². The molecule has 3 rings (SSSR count). The zero-order chi connectivity index (χ0) is 21.7. The first-order valence-electron chi connectivity index (χ1n) is 7.97. The molecule has 0 aliphatic rings. The van der Waals surface area contributed by atoms with Crippen LogP contribution in [0.5, 0.6) is 0 Å². The molecule has 3 aromatic rings. The topological polar surface area (TPSA) is 118 Å². The van der Waals surface area contributed by atoms with E-state index in [1.807, 2.05) is 0 Å². The molecule has 29 heavy (non-hydrogen) atoms. The summed E-state index contributed by atoms with van der Waals surface area (Å²) in [7, 11) is -3.93. The highest BCUT2D eigenvalue weighted by Gasteiger charge is 2.40. The Kier molecular flexibility index (Phi) is 4.73. The summed E-state index contributed by atoms with van der Waals surface area (Å²) < 4.78 is 67.6. The molecule has 1 N–H and O–H groups in total. The first-order chi connectivity index (χ1) is 13.3. The van der Waals surface area contributed by atoms with Crippen LogP contribution in [-0.4, -0.2) is 46.1 Å². The van der Waals surface area contributed by atoms with E-state index in [0.29, 0.717) is 17.5 Å². The van der Waals surface area contributed by atoms with Crippen molar-refractivity contribution in [2.75, 3.05) is 11.4 Å². The second kappa shape index (κ2) is 6.69. The van der Waals surface area contributed by atoms with Gasteiger partial charge in [0.2, 0.25) is 0 Å². The van der Waals surface area contributed by atoms with Gasteiger partial charge in [0.25, 0.3) is 10.9 Å². The number of para-hydroxylation sites is 1. The van der Waals surface area contributed by atoms with E-state index in [1.54, 1.807) is 19.9 Å². The van der Waals surface area contributed by atoms with E-state index in [-0.39, 0.29) is 10.1 Å². The Morgan fingerprint density at radius 2 is 1.86 bits per heavy atom. The standard InChI is InChI=1S/C16H14F3N5O4S/c1-8-7-9(2)24-14(20-8)21-15(22-24)29(27,28)23(3)12-10(13(25)26)5-4-6-11(12)16(17,18)19/h4-7H,1-3H3,(H,25,26). The molecule has 1 aromatic carbocycles. The molecule has 0 fully saturated rings. The lowest BCUT2D eigenvalue weighted by atomic mass is 10.1. The van der Waals surface area contributed by atoms with Crippen molar-refractivity contribution in [2.24, 2.45) is 0 Å². The number of rotatable bonds is 4. The Labute approximate surface area is 162 Å². The first-order valence-corrected chi connectivity index (χ1v) is 9.41. The van der Waals surface area contributed by atoms with Crippen LogP contribution in [0.25, 0.3) is 5.78 Å². The Hall–Kier alpha value is -3.22. The van der Waals surface area contributed by atoms with Crippen LogP contribution in [0.15, 0.2) is 29.4 Å². The van der Waals surface area contributed by atoms with E-state index in [1.165, 1.54) is 0 Å². The zero-order valence-electron chi connectivity index (χ0n) is 15.3. The van der Waals surface area contributed by atoms with Crippen LogP contribution in [0, 0.1) is 13.8 Å². The number of alkyl halides is 3. The van der Waals surface area contributed by atoms with Gasteiger partial charge < -0.3 is 5.11 Å². The van der Waals surface area contributed by atoms with Crippen LogP contribution in [0.2, 0.25) is 0 Å². The summed E-state index contributed by atoms with van der Waals surface area (Å²) in [6, 6.07) is 3.98. The van der Waals surface area contributed by atoms with Crippen LogP contribution in [0.3, 0.4) is 0 Å². The van der Waals surface area contributed by atoms with Crippen molar-refractivity contribution in [1.82, 2.24) is 19.6 Å². The summed E-state index contributed by atoms with van der Waals surface area (Å²) in [4.78, 5) is 19.3. The summed E-state index contributed by atoms with van der Waals surface area (Å²) in [5, 5.41) is 12.3. The Bertz CT molecular complexity index is 1240. The summed E-state index contributed by atoms with van der Waals surface area (Å²) in [6.07, 6.45) is -4.99. The van der Waals surface area contributed by atoms with E-state index in [4.69, 9.17) is 0 Å². The van der Waals surface area contributed by atoms with Crippen molar-refractivity contribution >= 4 is 27.5 Å². The Balaban J connectivity index is 2.24. The van der Waals surface area contributed by atoms with Gasteiger partial charge in [0.1, 0.15) is 0 Å². The largest absolute Gasteiger partial charge is 0.478 e. The number of aromatic nitrogens is 4. The number of aryl methyl sites for hydroxylation is 2. The van der Waals surface area contributed by atoms with Gasteiger partial charge in [-0.1, -0.05) is 6.07 Å². The van der Waals surface area contributed by atoms with Crippen molar-refractivity contribution in [3.8, 4) is 0 Å². The zero-order valence-corrected chi connectivity index (χ0v) is 16.1. The predicted octanol–water partition coefficient (Wildman–Crippen LogP) is 2.28. The van der Waals surface area contributed by atoms with Crippen molar-refractivity contribution < 1.29 is 31.5 Å². The summed E-state index contributed by atoms with van der Waals surface area (Å²) in [6.45, 7) is 3.28. The molecule has 154 valence electrons. The lowest BCUT2D eigenvalue weighted by Gasteiger charge is -2.23. The van der Waals surface area contributed by atoms with E-state index < -0.39 is 44.1 Å². The highest BCUT2D eigenvalue weighted by molar-refractivity contribution is 7.92. The molecule has 0 saturated carbocycles. The summed E-state index contributed by atoms with van der Waals surface area (Å²) in [5.41, 5.74) is -2.24. The van der Waals surface area contributed by atoms with Gasteiger partial charge in [-0.15, -0.1) is 5.10 Å². The average Bonchev–Trinajstić information content (AvgIpc) is 3.04. The number of fused-ring (bicyclic) bond motifs is 1. The minimum Gasteiger partial charge on any atom is -0.478 e. The molecule has 0 unspecified atom stereocenters. The molecule has 0 aliphatic heterocycles. The molecule has 0 spiro atoms. The minimum atomic E-state index is -4.99. The second-order valence-electron chi connectivity index (χ2n) is 6.12. The number of sulfonamides is 1. The summed E-state index contributed by atoms with van der Waals surface area (Å²) >= 11 is 0. The molecule has 9 nitrogen and oxygen atoms in total. The van der Waals surface area contributed by atoms with Gasteiger partial charge in [-0.25, -0.2) is 14.3 Å². The maximum atomic E-state index is 13.4. The fourth-order valence-corrected chi connectivity index (χ4v) is 3.85. The van der Waals surface area contributed by atoms with Crippen molar-refractivity contribution in [3.05, 3.63) is 46.8 Å². The Morgan fingerprint density at radius 3 is 2.45 bits per heavy atom. The molecule has 0 atom stereocenters. The van der Waals surface area contributed by atoms with Crippen LogP contribution < -0.4 is 4.31 Å². The van der Waals surface area contributed by atoms with Crippen molar-refractivity contribution in [3.63, 3.8) is 0 Å². The lowest BCUT2D eigenvalue weighted by molar-refractivity contribution is -0.137. The monoisotopic (exact) mass is 429 g/mol. The number of carboxylic acids is 1. The van der Waals surface area contributed by atoms with Crippen LogP contribution in [-0.2, 0) is 16.2 Å². The molecular weight excluding hydrogens is 415 g/mol. The highest BCUT2D eigenvalue weighted by atomic mass is 32.2. The maximum Gasteiger partial charge on any atom is 0.418 e. The van der Waals surface area contributed by atoms with Gasteiger partial charge in [0.05, 0.1) is 16.8 Å². The highest BCUT2D eigenvalue weighted by Crippen LogP contribution is 2.39. The number of benzene rings is 1. The van der Waals surface area contributed by atoms with E-state index in [0.717, 1.165) is 23.7 Å². The van der Waals surface area contributed by atoms with E-state index >= 15 is 0 Å². The van der Waals surface area contributed by atoms with Crippen LogP contribution in [0.1, 0.15) is 27.3 Å². The number of carbonyl (C=O) groups is 1. The second-order valence-corrected chi connectivity index (χ2v) is 7.99. The maximum absolute atomic E-state index is 13.4. The smallest absolute Gasteiger partial charge is 0.418 e. The molecule has 2 heterocycles. The van der Waals surface area contributed by atoms with E-state index in [2.05, 4.69) is 15.1 Å². The normalized spacial score (nSPS) is 12.3. The molecule has 0 amide bonds. The number of carboxylic acid groups (broad SMARTS) is 1. The molecule has 13 heteroatoms. The van der Waals surface area contributed by atoms with Crippen molar-refractivity contribution in [1.29, 1.82) is 0 Å². The fourth-order valence-electron chi connectivity index (χ4n) is 2.78. The lowest BCUT2D eigenvalue weighted by Crippen LogP contribution is -2.31. The van der Waals surface area contributed by atoms with Crippen LogP contribution >= 0.6 is 0 Å². The fraction of sp³-hybridized carbons (Fsp3) is 0.250. The first kappa shape index (κ1) is 20.5. The van der Waals surface area contributed by atoms with E-state index in [9.17, 15) is 31.5 Å². The van der Waals surface area contributed by atoms with Crippen LogP contribution in [0.4, 0.5) is 18.9 Å². The number of anilines is 1. The Morgan fingerprint density at radius 1 is 1.21 bits per heavy atom. The predicted molar refractivity (Wildman–Crippen MR) is 94.2 cm³/mol. The third-order valence-corrected chi connectivity index (χ3v) is 5.61. The number of nitrogens with zero attached hydrogens (tertiary/aromatic N) is 5. The number of halogens is 3.